The molecule has 0 saturated carbocycles. The number of aliphatic hydroxyl groups excluding tert-OH is 1. The van der Waals surface area contributed by atoms with Crippen molar-refractivity contribution in [1.29, 1.82) is 0 Å². The fourth-order valence-electron chi connectivity index (χ4n) is 1.56. The van der Waals surface area contributed by atoms with E-state index in [2.05, 4.69) is 10.3 Å². The Balaban J connectivity index is 2.12. The molecule has 0 spiro atoms. The first-order valence-electron chi connectivity index (χ1n) is 4.69. The number of rotatable bonds is 2. The summed E-state index contributed by atoms with van der Waals surface area (Å²) in [5.74, 6) is -0.393. The lowest BCUT2D eigenvalue weighted by Gasteiger charge is -2.06. The van der Waals surface area contributed by atoms with Crippen LogP contribution in [0.25, 0.3) is 0 Å². The van der Waals surface area contributed by atoms with E-state index >= 15 is 0 Å². The lowest BCUT2D eigenvalue weighted by molar-refractivity contribution is -0.118. The van der Waals surface area contributed by atoms with E-state index < -0.39 is 12.5 Å². The van der Waals surface area contributed by atoms with Gasteiger partial charge in [-0.15, -0.1) is 11.3 Å². The van der Waals surface area contributed by atoms with Crippen molar-refractivity contribution < 1.29 is 9.90 Å². The zero-order valence-electron chi connectivity index (χ0n) is 7.75. The summed E-state index contributed by atoms with van der Waals surface area (Å²) in [4.78, 5) is 16.5. The van der Waals surface area contributed by atoms with Gasteiger partial charge >= 0.3 is 0 Å². The topological polar surface area (TPSA) is 62.2 Å². The number of carbonyl (C=O) groups is 1. The van der Waals surface area contributed by atoms with Gasteiger partial charge in [0.25, 0.3) is 5.91 Å². The number of carbonyl (C=O) groups excluding carboxylic acids is 1. The Morgan fingerprint density at radius 1 is 1.50 bits per heavy atom. The summed E-state index contributed by atoms with van der Waals surface area (Å²) in [6, 6.07) is 0. The summed E-state index contributed by atoms with van der Waals surface area (Å²) in [7, 11) is 0. The highest BCUT2D eigenvalue weighted by Crippen LogP contribution is 2.29. The zero-order chi connectivity index (χ0) is 9.97. The van der Waals surface area contributed by atoms with E-state index in [1.807, 2.05) is 0 Å². The molecule has 0 aromatic carbocycles. The van der Waals surface area contributed by atoms with Crippen molar-refractivity contribution in [2.75, 3.05) is 11.9 Å². The van der Waals surface area contributed by atoms with Gasteiger partial charge in [-0.2, -0.15) is 0 Å². The number of nitrogens with zero attached hydrogens (tertiary/aromatic N) is 1. The predicted molar refractivity (Wildman–Crippen MR) is 54.5 cm³/mol. The minimum absolute atomic E-state index is 0.393. The van der Waals surface area contributed by atoms with Crippen LogP contribution in [0.5, 0.6) is 0 Å². The van der Waals surface area contributed by atoms with E-state index in [4.69, 9.17) is 5.11 Å². The van der Waals surface area contributed by atoms with E-state index in [0.29, 0.717) is 5.13 Å². The lowest BCUT2D eigenvalue weighted by Crippen LogP contribution is -2.15. The number of aryl methyl sites for hydroxylation is 2. The maximum absolute atomic E-state index is 10.9. The van der Waals surface area contributed by atoms with Crippen LogP contribution >= 0.6 is 11.3 Å². The van der Waals surface area contributed by atoms with Gasteiger partial charge in [-0.3, -0.25) is 10.1 Å². The van der Waals surface area contributed by atoms with Gasteiger partial charge in [0.2, 0.25) is 0 Å². The second kappa shape index (κ2) is 4.06. The number of thiazole rings is 1. The monoisotopic (exact) mass is 212 g/mol. The smallest absolute Gasteiger partial charge is 0.251 e. The van der Waals surface area contributed by atoms with Crippen LogP contribution in [-0.2, 0) is 17.6 Å². The first-order chi connectivity index (χ1) is 6.79. The molecule has 1 heterocycles. The molecule has 0 atom stereocenters. The molecule has 0 bridgehead atoms. The number of hydrogen-bond donors (Lipinski definition) is 2. The quantitative estimate of drug-likeness (QED) is 0.767. The molecule has 5 heteroatoms. The third-order valence-corrected chi connectivity index (χ3v) is 3.31. The number of nitrogens with one attached hydrogen (secondary N) is 1. The molecule has 2 N–H and O–H groups in total. The number of anilines is 1. The third-order valence-electron chi connectivity index (χ3n) is 2.24. The lowest BCUT2D eigenvalue weighted by atomic mass is 10.0. The van der Waals surface area contributed by atoms with E-state index in [1.54, 1.807) is 0 Å². The molecule has 1 aromatic rings. The molecular weight excluding hydrogens is 200 g/mol. The summed E-state index contributed by atoms with van der Waals surface area (Å²) in [6.07, 6.45) is 4.48. The number of hydrogen-bond acceptors (Lipinski definition) is 4. The molecule has 1 amide bonds. The molecule has 14 heavy (non-hydrogen) atoms. The summed E-state index contributed by atoms with van der Waals surface area (Å²) in [5, 5.41) is 11.8. The van der Waals surface area contributed by atoms with Crippen LogP contribution in [0.4, 0.5) is 5.13 Å². The Kier molecular flexibility index (Phi) is 2.79. The molecule has 2 rings (SSSR count). The Morgan fingerprint density at radius 3 is 3.00 bits per heavy atom. The Hall–Kier alpha value is -0.940. The summed E-state index contributed by atoms with van der Waals surface area (Å²) >= 11 is 1.52. The molecule has 0 fully saturated rings. The Labute approximate surface area is 86.0 Å². The van der Waals surface area contributed by atoms with E-state index in [1.165, 1.54) is 29.1 Å². The minimum Gasteiger partial charge on any atom is -0.387 e. The van der Waals surface area contributed by atoms with Crippen molar-refractivity contribution in [2.24, 2.45) is 0 Å². The van der Waals surface area contributed by atoms with Gasteiger partial charge in [0.15, 0.2) is 5.13 Å². The van der Waals surface area contributed by atoms with E-state index in [9.17, 15) is 4.79 Å². The second-order valence-electron chi connectivity index (χ2n) is 3.30. The van der Waals surface area contributed by atoms with Crippen LogP contribution in [0.2, 0.25) is 0 Å². The molecule has 4 nitrogen and oxygen atoms in total. The van der Waals surface area contributed by atoms with Crippen molar-refractivity contribution in [3.05, 3.63) is 10.6 Å². The standard InChI is InChI=1S/C9H12N2O2S/c12-5-8(13)11-9-10-6-3-1-2-4-7(6)14-9/h12H,1-5H2,(H,10,11,13). The fourth-order valence-corrected chi connectivity index (χ4v) is 2.63. The van der Waals surface area contributed by atoms with Gasteiger partial charge in [0.05, 0.1) is 5.69 Å². The number of aromatic nitrogens is 1. The highest BCUT2D eigenvalue weighted by molar-refractivity contribution is 7.15. The first-order valence-corrected chi connectivity index (χ1v) is 5.50. The van der Waals surface area contributed by atoms with Crippen LogP contribution in [0.15, 0.2) is 0 Å². The average Bonchev–Trinajstić information content (AvgIpc) is 2.59. The highest BCUT2D eigenvalue weighted by atomic mass is 32.1. The molecule has 76 valence electrons. The molecule has 1 aromatic heterocycles. The molecule has 0 radical (unpaired) electrons. The number of amides is 1. The summed E-state index contributed by atoms with van der Waals surface area (Å²) in [5.41, 5.74) is 1.12. The van der Waals surface area contributed by atoms with Crippen LogP contribution in [-0.4, -0.2) is 22.6 Å². The van der Waals surface area contributed by atoms with Gasteiger partial charge in [0.1, 0.15) is 6.61 Å². The van der Waals surface area contributed by atoms with Gasteiger partial charge in [-0.05, 0) is 25.7 Å². The van der Waals surface area contributed by atoms with Crippen molar-refractivity contribution in [1.82, 2.24) is 4.98 Å². The van der Waals surface area contributed by atoms with E-state index in [-0.39, 0.29) is 0 Å². The summed E-state index contributed by atoms with van der Waals surface area (Å²) < 4.78 is 0. The maximum Gasteiger partial charge on any atom is 0.251 e. The van der Waals surface area contributed by atoms with Crippen LogP contribution < -0.4 is 5.32 Å². The van der Waals surface area contributed by atoms with Crippen molar-refractivity contribution >= 4 is 22.4 Å². The predicted octanol–water partition coefficient (Wildman–Crippen LogP) is 0.953. The molecule has 0 unspecified atom stereocenters. The van der Waals surface area contributed by atoms with Crippen molar-refractivity contribution in [2.45, 2.75) is 25.7 Å². The first kappa shape index (κ1) is 9.61. The van der Waals surface area contributed by atoms with Crippen LogP contribution in [0, 0.1) is 0 Å². The highest BCUT2D eigenvalue weighted by Gasteiger charge is 2.15. The maximum atomic E-state index is 10.9. The molecule has 0 saturated heterocycles. The van der Waals surface area contributed by atoms with Gasteiger partial charge < -0.3 is 5.11 Å². The second-order valence-corrected chi connectivity index (χ2v) is 4.39. The van der Waals surface area contributed by atoms with Crippen molar-refractivity contribution in [3.63, 3.8) is 0 Å². The molecular formula is C9H12N2O2S. The molecule has 1 aliphatic rings. The minimum atomic E-state index is -0.482. The zero-order valence-corrected chi connectivity index (χ0v) is 8.56. The molecule has 1 aliphatic carbocycles. The Bertz CT molecular complexity index is 325. The van der Waals surface area contributed by atoms with Gasteiger partial charge in [-0.25, -0.2) is 4.98 Å². The largest absolute Gasteiger partial charge is 0.387 e. The fraction of sp³-hybridized carbons (Fsp3) is 0.556. The third kappa shape index (κ3) is 1.93. The van der Waals surface area contributed by atoms with Gasteiger partial charge in [0, 0.05) is 4.88 Å². The number of fused-ring (bicyclic) bond motifs is 1. The Morgan fingerprint density at radius 2 is 2.29 bits per heavy atom. The van der Waals surface area contributed by atoms with Crippen LogP contribution in [0.3, 0.4) is 0 Å². The van der Waals surface area contributed by atoms with Crippen LogP contribution in [0.1, 0.15) is 23.4 Å². The average molecular weight is 212 g/mol. The normalized spacial score (nSPS) is 14.9. The van der Waals surface area contributed by atoms with E-state index in [0.717, 1.165) is 18.5 Å². The van der Waals surface area contributed by atoms with Crippen molar-refractivity contribution in [3.8, 4) is 0 Å². The SMILES string of the molecule is O=C(CO)Nc1nc2c(s1)CCCC2. The number of aliphatic hydroxyl groups is 1. The summed E-state index contributed by atoms with van der Waals surface area (Å²) in [6.45, 7) is -0.482. The molecule has 0 aliphatic heterocycles. The van der Waals surface area contributed by atoms with Gasteiger partial charge in [-0.1, -0.05) is 0 Å².